The molecule has 2 N–H and O–H groups in total. The Hall–Kier alpha value is 0.0500. The van der Waals surface area contributed by atoms with Crippen molar-refractivity contribution in [3.05, 3.63) is 12.2 Å². The third-order valence-corrected chi connectivity index (χ3v) is 0.562. The molecule has 0 radical (unpaired) electrons. The normalized spacial score (nSPS) is 15.8. The molecule has 6 heavy (non-hydrogen) atoms. The van der Waals surface area contributed by atoms with Gasteiger partial charge in [-0.25, -0.2) is 0 Å². The van der Waals surface area contributed by atoms with Crippen molar-refractivity contribution in [1.82, 2.24) is 0 Å². The van der Waals surface area contributed by atoms with Gasteiger partial charge in [0, 0.05) is 0 Å². The van der Waals surface area contributed by atoms with Crippen LogP contribution in [0.25, 0.3) is 0 Å². The van der Waals surface area contributed by atoms with Gasteiger partial charge in [0.05, 0.1) is 5.37 Å². The minimum absolute atomic E-state index is 0.0880. The van der Waals surface area contributed by atoms with Crippen LogP contribution in [-0.2, 0) is 0 Å². The largest absolute Gasteiger partial charge is 0.316 e. The summed E-state index contributed by atoms with van der Waals surface area (Å²) in [6, 6.07) is 0. The Kier molecular flexibility index (Phi) is 3.28. The number of hydrogen-bond donors (Lipinski definition) is 2. The molecule has 0 aliphatic carbocycles. The van der Waals surface area contributed by atoms with Gasteiger partial charge in [0.15, 0.2) is 0 Å². The van der Waals surface area contributed by atoms with E-state index in [9.17, 15) is 0 Å². The summed E-state index contributed by atoms with van der Waals surface area (Å²) in [5.41, 5.74) is 5.18. The summed E-state index contributed by atoms with van der Waals surface area (Å²) >= 11 is 3.87. The predicted octanol–water partition coefficient (Wildman–Crippen LogP) is 0.777. The maximum absolute atomic E-state index is 5.18. The first kappa shape index (κ1) is 6.05. The summed E-state index contributed by atoms with van der Waals surface area (Å²) in [6.07, 6.45) is 3.68. The van der Waals surface area contributed by atoms with Crippen molar-refractivity contribution in [3.8, 4) is 0 Å². The van der Waals surface area contributed by atoms with E-state index in [-0.39, 0.29) is 5.37 Å². The number of rotatable bonds is 1. The Bertz CT molecular complexity index is 49.5. The summed E-state index contributed by atoms with van der Waals surface area (Å²) in [5, 5.41) is -0.0880. The van der Waals surface area contributed by atoms with Crippen molar-refractivity contribution >= 4 is 12.6 Å². The van der Waals surface area contributed by atoms with Crippen LogP contribution in [0.5, 0.6) is 0 Å². The molecule has 2 heteroatoms. The van der Waals surface area contributed by atoms with Crippen LogP contribution in [-0.4, -0.2) is 5.37 Å². The molecule has 0 bridgehead atoms. The van der Waals surface area contributed by atoms with Crippen LogP contribution in [0.1, 0.15) is 6.92 Å². The van der Waals surface area contributed by atoms with E-state index >= 15 is 0 Å². The van der Waals surface area contributed by atoms with Crippen molar-refractivity contribution in [2.75, 3.05) is 0 Å². The van der Waals surface area contributed by atoms with Crippen LogP contribution in [0, 0.1) is 0 Å². The molecule has 0 aromatic carbocycles. The second-order valence-electron chi connectivity index (χ2n) is 1.02. The smallest absolute Gasteiger partial charge is 0.0664 e. The number of nitrogens with two attached hydrogens (primary N) is 1. The topological polar surface area (TPSA) is 26.0 Å². The third-order valence-electron chi connectivity index (χ3n) is 0.390. The molecule has 0 aliphatic rings. The summed E-state index contributed by atoms with van der Waals surface area (Å²) in [6.45, 7) is 1.91. The molecule has 0 fully saturated rings. The monoisotopic (exact) mass is 103 g/mol. The minimum Gasteiger partial charge on any atom is -0.316 e. The average molecular weight is 103 g/mol. The van der Waals surface area contributed by atoms with Crippen LogP contribution in [0.4, 0.5) is 0 Å². The second-order valence-corrected chi connectivity index (χ2v) is 1.61. The standard InChI is InChI=1S/C4H9NS/c1-2-3-4(5)6/h2-4,6H,5H2,1H3/b3-2+. The van der Waals surface area contributed by atoms with Gasteiger partial charge in [-0.3, -0.25) is 0 Å². The van der Waals surface area contributed by atoms with Crippen LogP contribution in [0.3, 0.4) is 0 Å². The molecule has 0 spiro atoms. The quantitative estimate of drug-likeness (QED) is 0.286. The Morgan fingerprint density at radius 2 is 2.33 bits per heavy atom. The van der Waals surface area contributed by atoms with E-state index < -0.39 is 0 Å². The highest BCUT2D eigenvalue weighted by Crippen LogP contribution is 1.83. The van der Waals surface area contributed by atoms with Crippen LogP contribution >= 0.6 is 12.6 Å². The zero-order chi connectivity index (χ0) is 4.99. The van der Waals surface area contributed by atoms with Crippen molar-refractivity contribution in [2.45, 2.75) is 12.3 Å². The van der Waals surface area contributed by atoms with Crippen LogP contribution in [0.15, 0.2) is 12.2 Å². The van der Waals surface area contributed by atoms with E-state index in [4.69, 9.17) is 5.73 Å². The highest BCUT2D eigenvalue weighted by atomic mass is 32.1. The molecule has 1 atom stereocenters. The van der Waals surface area contributed by atoms with Gasteiger partial charge in [-0.05, 0) is 6.92 Å². The van der Waals surface area contributed by atoms with E-state index in [0.717, 1.165) is 0 Å². The van der Waals surface area contributed by atoms with E-state index in [1.165, 1.54) is 0 Å². The molecule has 0 saturated carbocycles. The Labute approximate surface area is 43.6 Å². The van der Waals surface area contributed by atoms with E-state index in [2.05, 4.69) is 12.6 Å². The lowest BCUT2D eigenvalue weighted by atomic mass is 10.5. The predicted molar refractivity (Wildman–Crippen MR) is 31.8 cm³/mol. The van der Waals surface area contributed by atoms with Gasteiger partial charge in [0.2, 0.25) is 0 Å². The summed E-state index contributed by atoms with van der Waals surface area (Å²) in [7, 11) is 0. The van der Waals surface area contributed by atoms with Gasteiger partial charge in [-0.15, -0.1) is 0 Å². The molecule has 0 rings (SSSR count). The van der Waals surface area contributed by atoms with Crippen molar-refractivity contribution in [3.63, 3.8) is 0 Å². The van der Waals surface area contributed by atoms with Crippen LogP contribution in [0.2, 0.25) is 0 Å². The SMILES string of the molecule is C/C=C/C(N)S. The molecule has 0 amide bonds. The lowest BCUT2D eigenvalue weighted by Gasteiger charge is -1.87. The maximum atomic E-state index is 5.18. The first-order chi connectivity index (χ1) is 2.77. The van der Waals surface area contributed by atoms with Gasteiger partial charge in [-0.2, -0.15) is 12.6 Å². The highest BCUT2D eigenvalue weighted by molar-refractivity contribution is 7.81. The number of allylic oxidation sites excluding steroid dienone is 1. The summed E-state index contributed by atoms with van der Waals surface area (Å²) in [4.78, 5) is 0. The van der Waals surface area contributed by atoms with E-state index in [0.29, 0.717) is 0 Å². The zero-order valence-electron chi connectivity index (χ0n) is 3.76. The molecule has 36 valence electrons. The van der Waals surface area contributed by atoms with Gasteiger partial charge in [-0.1, -0.05) is 12.2 Å². The lowest BCUT2D eigenvalue weighted by Crippen LogP contribution is -2.06. The fourth-order valence-corrected chi connectivity index (χ4v) is 0.369. The van der Waals surface area contributed by atoms with Gasteiger partial charge < -0.3 is 5.73 Å². The molecular formula is C4H9NS. The lowest BCUT2D eigenvalue weighted by molar-refractivity contribution is 1.17. The van der Waals surface area contributed by atoms with Crippen molar-refractivity contribution < 1.29 is 0 Å². The van der Waals surface area contributed by atoms with E-state index in [1.807, 2.05) is 19.1 Å². The fourth-order valence-electron chi connectivity index (χ4n) is 0.197. The molecule has 1 nitrogen and oxygen atoms in total. The highest BCUT2D eigenvalue weighted by Gasteiger charge is 1.76. The average Bonchev–Trinajstić information content (AvgIpc) is 1.35. The summed E-state index contributed by atoms with van der Waals surface area (Å²) in [5.74, 6) is 0. The Morgan fingerprint density at radius 1 is 1.83 bits per heavy atom. The first-order valence-electron chi connectivity index (χ1n) is 1.84. The molecular weight excluding hydrogens is 94.1 g/mol. The number of thiol groups is 1. The molecule has 0 heterocycles. The molecule has 0 aliphatic heterocycles. The zero-order valence-corrected chi connectivity index (χ0v) is 4.65. The number of hydrogen-bond acceptors (Lipinski definition) is 2. The molecule has 0 aromatic heterocycles. The fraction of sp³-hybridized carbons (Fsp3) is 0.500. The minimum atomic E-state index is -0.0880. The van der Waals surface area contributed by atoms with Gasteiger partial charge in [0.1, 0.15) is 0 Å². The first-order valence-corrected chi connectivity index (χ1v) is 2.35. The van der Waals surface area contributed by atoms with E-state index in [1.54, 1.807) is 0 Å². The Balaban J connectivity index is 3.03. The molecule has 0 saturated heterocycles. The van der Waals surface area contributed by atoms with Crippen molar-refractivity contribution in [1.29, 1.82) is 0 Å². The maximum Gasteiger partial charge on any atom is 0.0664 e. The van der Waals surface area contributed by atoms with Gasteiger partial charge in [0.25, 0.3) is 0 Å². The summed E-state index contributed by atoms with van der Waals surface area (Å²) < 4.78 is 0. The third kappa shape index (κ3) is 4.05. The molecule has 0 aromatic rings. The van der Waals surface area contributed by atoms with Gasteiger partial charge >= 0.3 is 0 Å². The Morgan fingerprint density at radius 3 is 2.33 bits per heavy atom. The van der Waals surface area contributed by atoms with Crippen molar-refractivity contribution in [2.24, 2.45) is 5.73 Å². The second kappa shape index (κ2) is 3.25. The van der Waals surface area contributed by atoms with Crippen LogP contribution < -0.4 is 5.73 Å². The molecule has 1 unspecified atom stereocenters.